The van der Waals surface area contributed by atoms with Crippen LogP contribution < -0.4 is 5.73 Å². The lowest BCUT2D eigenvalue weighted by molar-refractivity contribution is -0.184. The van der Waals surface area contributed by atoms with Gasteiger partial charge in [0.25, 0.3) is 0 Å². The zero-order valence-electron chi connectivity index (χ0n) is 6.27. The van der Waals surface area contributed by atoms with Crippen molar-refractivity contribution in [1.82, 2.24) is 0 Å². The van der Waals surface area contributed by atoms with E-state index in [9.17, 15) is 18.0 Å². The van der Waals surface area contributed by atoms with Crippen LogP contribution >= 0.6 is 0 Å². The third kappa shape index (κ3) is 2.78. The number of alkyl halides is 3. The average Bonchev–Trinajstić information content (AvgIpc) is 1.82. The van der Waals surface area contributed by atoms with Gasteiger partial charge in [-0.1, -0.05) is 13.8 Å². The Morgan fingerprint density at radius 3 is 1.82 bits per heavy atom. The molecule has 0 rings (SSSR count). The summed E-state index contributed by atoms with van der Waals surface area (Å²) in [5.74, 6) is -3.75. The van der Waals surface area contributed by atoms with Crippen LogP contribution in [-0.2, 0) is 4.79 Å². The Hall–Kier alpha value is -0.740. The van der Waals surface area contributed by atoms with E-state index >= 15 is 0 Å². The molecule has 0 aromatic heterocycles. The predicted molar refractivity (Wildman–Crippen MR) is 33.6 cm³/mol. The fourth-order valence-electron chi connectivity index (χ4n) is 0.530. The van der Waals surface area contributed by atoms with Crippen LogP contribution in [0.4, 0.5) is 13.2 Å². The van der Waals surface area contributed by atoms with Gasteiger partial charge in [0.2, 0.25) is 5.91 Å². The van der Waals surface area contributed by atoms with Crippen LogP contribution in [0.5, 0.6) is 0 Å². The number of hydrogen-bond acceptors (Lipinski definition) is 1. The monoisotopic (exact) mass is 169 g/mol. The molecule has 2 N–H and O–H groups in total. The van der Waals surface area contributed by atoms with E-state index in [4.69, 9.17) is 5.73 Å². The summed E-state index contributed by atoms with van der Waals surface area (Å²) in [4.78, 5) is 10.3. The fraction of sp³-hybridized carbons (Fsp3) is 0.833. The van der Waals surface area contributed by atoms with Crippen LogP contribution in [0.15, 0.2) is 0 Å². The van der Waals surface area contributed by atoms with Crippen LogP contribution in [0.25, 0.3) is 0 Å². The first-order chi connectivity index (χ1) is 4.76. The molecule has 0 radical (unpaired) electrons. The van der Waals surface area contributed by atoms with E-state index < -0.39 is 23.9 Å². The van der Waals surface area contributed by atoms with Crippen molar-refractivity contribution in [3.05, 3.63) is 0 Å². The van der Waals surface area contributed by atoms with E-state index in [1.165, 1.54) is 6.92 Å². The minimum Gasteiger partial charge on any atom is -0.369 e. The summed E-state index contributed by atoms with van der Waals surface area (Å²) >= 11 is 0. The second-order valence-electron chi connectivity index (χ2n) is 2.52. The summed E-state index contributed by atoms with van der Waals surface area (Å²) in [5.41, 5.74) is 4.69. The van der Waals surface area contributed by atoms with Gasteiger partial charge in [0.15, 0.2) is 0 Å². The first-order valence-corrected chi connectivity index (χ1v) is 3.13. The van der Waals surface area contributed by atoms with Crippen molar-refractivity contribution in [2.24, 2.45) is 17.6 Å². The Morgan fingerprint density at radius 2 is 1.73 bits per heavy atom. The van der Waals surface area contributed by atoms with Gasteiger partial charge >= 0.3 is 6.18 Å². The molecule has 0 saturated heterocycles. The molecule has 5 heteroatoms. The first kappa shape index (κ1) is 10.3. The normalized spacial score (nSPS) is 17.5. The van der Waals surface area contributed by atoms with Gasteiger partial charge in [0, 0.05) is 5.92 Å². The highest BCUT2D eigenvalue weighted by Crippen LogP contribution is 2.31. The fourth-order valence-corrected chi connectivity index (χ4v) is 0.530. The quantitative estimate of drug-likeness (QED) is 0.665. The summed E-state index contributed by atoms with van der Waals surface area (Å²) in [6.07, 6.45) is -4.34. The van der Waals surface area contributed by atoms with E-state index in [1.807, 2.05) is 0 Å². The van der Waals surface area contributed by atoms with Crippen molar-refractivity contribution in [1.29, 1.82) is 0 Å². The Balaban J connectivity index is 4.25. The minimum atomic E-state index is -4.34. The van der Waals surface area contributed by atoms with Crippen LogP contribution in [-0.4, -0.2) is 12.1 Å². The third-order valence-electron chi connectivity index (χ3n) is 1.72. The molecule has 2 nitrogen and oxygen atoms in total. The number of carbonyl (C=O) groups excluding carboxylic acids is 1. The van der Waals surface area contributed by atoms with Gasteiger partial charge < -0.3 is 5.73 Å². The van der Waals surface area contributed by atoms with E-state index in [0.717, 1.165) is 6.92 Å². The van der Waals surface area contributed by atoms with Crippen molar-refractivity contribution < 1.29 is 18.0 Å². The second-order valence-corrected chi connectivity index (χ2v) is 2.52. The standard InChI is InChI=1S/C6H10F3NO/c1-3(5(10)11)4(2)6(7,8)9/h3-4H,1-2H3,(H2,10,11)/t3?,4-/m1/s1. The van der Waals surface area contributed by atoms with Crippen LogP contribution in [0.1, 0.15) is 13.8 Å². The van der Waals surface area contributed by atoms with Crippen LogP contribution in [0, 0.1) is 11.8 Å². The van der Waals surface area contributed by atoms with Crippen LogP contribution in [0.2, 0.25) is 0 Å². The number of primary amides is 1. The molecule has 0 aliphatic rings. The second kappa shape index (κ2) is 3.11. The maximum Gasteiger partial charge on any atom is 0.392 e. The molecule has 2 atom stereocenters. The molecule has 0 bridgehead atoms. The summed E-state index contributed by atoms with van der Waals surface area (Å²) in [6.45, 7) is 2.11. The van der Waals surface area contributed by atoms with E-state index in [0.29, 0.717) is 0 Å². The zero-order chi connectivity index (χ0) is 9.23. The highest BCUT2D eigenvalue weighted by atomic mass is 19.4. The van der Waals surface area contributed by atoms with Gasteiger partial charge in [-0.15, -0.1) is 0 Å². The molecule has 0 heterocycles. The van der Waals surface area contributed by atoms with Crippen molar-refractivity contribution >= 4 is 5.91 Å². The van der Waals surface area contributed by atoms with Gasteiger partial charge in [0.05, 0.1) is 5.92 Å². The molecule has 11 heavy (non-hydrogen) atoms. The summed E-state index contributed by atoms with van der Waals surface area (Å²) in [7, 11) is 0. The molecule has 0 aromatic rings. The van der Waals surface area contributed by atoms with Gasteiger partial charge in [-0.2, -0.15) is 13.2 Å². The van der Waals surface area contributed by atoms with Gasteiger partial charge in [-0.05, 0) is 0 Å². The molecule has 0 aliphatic carbocycles. The van der Waals surface area contributed by atoms with E-state index in [1.54, 1.807) is 0 Å². The molecule has 0 aromatic carbocycles. The third-order valence-corrected chi connectivity index (χ3v) is 1.72. The van der Waals surface area contributed by atoms with Gasteiger partial charge in [-0.3, -0.25) is 4.79 Å². The SMILES string of the molecule is CC(C(N)=O)[C@@H](C)C(F)(F)F. The first-order valence-electron chi connectivity index (χ1n) is 3.13. The highest BCUT2D eigenvalue weighted by molar-refractivity contribution is 5.76. The van der Waals surface area contributed by atoms with E-state index in [-0.39, 0.29) is 0 Å². The Bertz CT molecular complexity index is 154. The number of rotatable bonds is 2. The number of nitrogens with two attached hydrogens (primary N) is 1. The molecule has 0 saturated carbocycles. The maximum absolute atomic E-state index is 11.9. The van der Waals surface area contributed by atoms with Crippen molar-refractivity contribution in [2.45, 2.75) is 20.0 Å². The molecular weight excluding hydrogens is 159 g/mol. The molecular formula is C6H10F3NO. The summed E-state index contributed by atoms with van der Waals surface area (Å²) < 4.78 is 35.6. The zero-order valence-corrected chi connectivity index (χ0v) is 6.27. The lowest BCUT2D eigenvalue weighted by atomic mass is 9.95. The minimum absolute atomic E-state index is 0.921. The number of amides is 1. The average molecular weight is 169 g/mol. The largest absolute Gasteiger partial charge is 0.392 e. The predicted octanol–water partition coefficient (Wildman–Crippen LogP) is 1.31. The Labute approximate surface area is 62.6 Å². The number of carbonyl (C=O) groups is 1. The molecule has 1 unspecified atom stereocenters. The van der Waals surface area contributed by atoms with Crippen LogP contribution in [0.3, 0.4) is 0 Å². The number of halogens is 3. The topological polar surface area (TPSA) is 43.1 Å². The molecule has 0 aliphatic heterocycles. The van der Waals surface area contributed by atoms with Crippen molar-refractivity contribution in [2.75, 3.05) is 0 Å². The molecule has 66 valence electrons. The Kier molecular flexibility index (Phi) is 2.90. The Morgan fingerprint density at radius 1 is 1.36 bits per heavy atom. The summed E-state index contributed by atoms with van der Waals surface area (Å²) in [6, 6.07) is 0. The molecule has 0 fully saturated rings. The maximum atomic E-state index is 11.9. The molecule has 0 spiro atoms. The van der Waals surface area contributed by atoms with E-state index in [2.05, 4.69) is 0 Å². The van der Waals surface area contributed by atoms with Crippen molar-refractivity contribution in [3.63, 3.8) is 0 Å². The lowest BCUT2D eigenvalue weighted by Gasteiger charge is -2.19. The molecule has 1 amide bonds. The smallest absolute Gasteiger partial charge is 0.369 e. The lowest BCUT2D eigenvalue weighted by Crippen LogP contribution is -2.34. The van der Waals surface area contributed by atoms with Gasteiger partial charge in [-0.25, -0.2) is 0 Å². The van der Waals surface area contributed by atoms with Gasteiger partial charge in [0.1, 0.15) is 0 Å². The highest BCUT2D eigenvalue weighted by Gasteiger charge is 2.41. The number of hydrogen-bond donors (Lipinski definition) is 1. The van der Waals surface area contributed by atoms with Crippen molar-refractivity contribution in [3.8, 4) is 0 Å². The summed E-state index contributed by atoms with van der Waals surface area (Å²) in [5, 5.41) is 0.